The van der Waals surface area contributed by atoms with Crippen LogP contribution in [-0.2, 0) is 4.79 Å². The van der Waals surface area contributed by atoms with E-state index in [1.807, 2.05) is 32.9 Å². The third-order valence-electron chi connectivity index (χ3n) is 2.03. The van der Waals surface area contributed by atoms with Gasteiger partial charge in [-0.1, -0.05) is 0 Å². The van der Waals surface area contributed by atoms with Crippen LogP contribution >= 0.6 is 11.8 Å². The highest BCUT2D eigenvalue weighted by molar-refractivity contribution is 8.00. The summed E-state index contributed by atoms with van der Waals surface area (Å²) in [5, 5.41) is 2.85. The van der Waals surface area contributed by atoms with Crippen molar-refractivity contribution in [3.63, 3.8) is 0 Å². The fraction of sp³-hybridized carbons (Fsp3) is 0.462. The second kappa shape index (κ2) is 7.16. The molecule has 0 aromatic heterocycles. The molecule has 0 atom stereocenters. The van der Waals surface area contributed by atoms with E-state index in [9.17, 15) is 4.79 Å². The molecule has 0 aliphatic carbocycles. The normalized spacial score (nSPS) is 10.4. The van der Waals surface area contributed by atoms with Gasteiger partial charge in [0.1, 0.15) is 5.75 Å². The number of carbonyl (C=O) groups excluding carboxylic acids is 1. The summed E-state index contributed by atoms with van der Waals surface area (Å²) in [6.07, 6.45) is 0. The summed E-state index contributed by atoms with van der Waals surface area (Å²) < 4.78 is 5.40. The molecule has 0 saturated carbocycles. The number of amides is 1. The molecule has 4 nitrogen and oxygen atoms in total. The van der Waals surface area contributed by atoms with Crippen LogP contribution in [0.3, 0.4) is 0 Å². The van der Waals surface area contributed by atoms with Gasteiger partial charge in [0.05, 0.1) is 12.4 Å². The molecule has 3 N–H and O–H groups in total. The largest absolute Gasteiger partial charge is 0.494 e. The molecule has 1 rings (SSSR count). The van der Waals surface area contributed by atoms with Crippen molar-refractivity contribution in [2.45, 2.75) is 31.7 Å². The van der Waals surface area contributed by atoms with E-state index in [2.05, 4.69) is 5.32 Å². The Morgan fingerprint density at radius 3 is 2.78 bits per heavy atom. The molecule has 0 spiro atoms. The number of hydrogen-bond donors (Lipinski definition) is 2. The third kappa shape index (κ3) is 5.31. The number of benzene rings is 1. The van der Waals surface area contributed by atoms with Crippen LogP contribution in [0.5, 0.6) is 5.75 Å². The molecule has 1 aromatic rings. The zero-order valence-corrected chi connectivity index (χ0v) is 11.8. The fourth-order valence-electron chi connectivity index (χ4n) is 1.44. The van der Waals surface area contributed by atoms with Crippen LogP contribution in [0.2, 0.25) is 0 Å². The second-order valence-electron chi connectivity index (χ2n) is 4.18. The number of hydrogen-bond acceptors (Lipinski definition) is 4. The molecular weight excluding hydrogens is 248 g/mol. The number of nitrogens with two attached hydrogens (primary N) is 1. The minimum atomic E-state index is 0.0235. The van der Waals surface area contributed by atoms with Crippen molar-refractivity contribution in [2.75, 3.05) is 18.1 Å². The van der Waals surface area contributed by atoms with E-state index in [0.717, 1.165) is 10.6 Å². The van der Waals surface area contributed by atoms with E-state index in [1.165, 1.54) is 11.8 Å². The maximum atomic E-state index is 11.5. The molecule has 0 bridgehead atoms. The van der Waals surface area contributed by atoms with Gasteiger partial charge in [0.2, 0.25) is 5.91 Å². The van der Waals surface area contributed by atoms with E-state index in [4.69, 9.17) is 10.5 Å². The number of carbonyl (C=O) groups is 1. The van der Waals surface area contributed by atoms with Crippen molar-refractivity contribution in [3.05, 3.63) is 18.2 Å². The average molecular weight is 268 g/mol. The first-order valence-electron chi connectivity index (χ1n) is 5.96. The van der Waals surface area contributed by atoms with Gasteiger partial charge in [0.15, 0.2) is 0 Å². The first-order valence-corrected chi connectivity index (χ1v) is 6.95. The number of thioether (sulfide) groups is 1. The van der Waals surface area contributed by atoms with Gasteiger partial charge < -0.3 is 15.8 Å². The van der Waals surface area contributed by atoms with Crippen LogP contribution in [-0.4, -0.2) is 24.3 Å². The van der Waals surface area contributed by atoms with Crippen molar-refractivity contribution in [3.8, 4) is 5.75 Å². The number of anilines is 1. The SMILES string of the molecule is CCOc1cc(N)cc(SCC(=O)NC(C)C)c1. The van der Waals surface area contributed by atoms with Crippen molar-refractivity contribution in [2.24, 2.45) is 0 Å². The van der Waals surface area contributed by atoms with Crippen LogP contribution in [0.25, 0.3) is 0 Å². The number of nitrogens with one attached hydrogen (secondary N) is 1. The molecule has 18 heavy (non-hydrogen) atoms. The maximum absolute atomic E-state index is 11.5. The summed E-state index contributed by atoms with van der Waals surface area (Å²) in [4.78, 5) is 12.5. The molecule has 0 aliphatic heterocycles. The van der Waals surface area contributed by atoms with Gasteiger partial charge in [-0.25, -0.2) is 0 Å². The Hall–Kier alpha value is -1.36. The van der Waals surface area contributed by atoms with Crippen LogP contribution < -0.4 is 15.8 Å². The molecular formula is C13H20N2O2S. The third-order valence-corrected chi connectivity index (χ3v) is 3.01. The van der Waals surface area contributed by atoms with Crippen LogP contribution in [0.4, 0.5) is 5.69 Å². The minimum absolute atomic E-state index is 0.0235. The summed E-state index contributed by atoms with van der Waals surface area (Å²) in [5.74, 6) is 1.15. The van der Waals surface area contributed by atoms with Gasteiger partial charge in [-0.05, 0) is 32.9 Å². The predicted octanol–water partition coefficient (Wildman–Crippen LogP) is 2.28. The summed E-state index contributed by atoms with van der Waals surface area (Å²) in [6.45, 7) is 6.40. The second-order valence-corrected chi connectivity index (χ2v) is 5.23. The van der Waals surface area contributed by atoms with Gasteiger partial charge >= 0.3 is 0 Å². The maximum Gasteiger partial charge on any atom is 0.230 e. The number of rotatable bonds is 6. The Kier molecular flexibility index (Phi) is 5.85. The van der Waals surface area contributed by atoms with E-state index >= 15 is 0 Å². The first-order chi connectivity index (χ1) is 8.51. The standard InChI is InChI=1S/C13H20N2O2S/c1-4-17-11-5-10(14)6-12(7-11)18-8-13(16)15-9(2)3/h5-7,9H,4,8,14H2,1-3H3,(H,15,16). The van der Waals surface area contributed by atoms with E-state index in [-0.39, 0.29) is 11.9 Å². The van der Waals surface area contributed by atoms with E-state index in [1.54, 1.807) is 6.07 Å². The molecule has 0 unspecified atom stereocenters. The highest BCUT2D eigenvalue weighted by Gasteiger charge is 2.06. The molecule has 5 heteroatoms. The average Bonchev–Trinajstić information content (AvgIpc) is 2.25. The van der Waals surface area contributed by atoms with Crippen LogP contribution in [0, 0.1) is 0 Å². The fourth-order valence-corrected chi connectivity index (χ4v) is 2.24. The molecule has 0 aliphatic rings. The molecule has 0 heterocycles. The topological polar surface area (TPSA) is 64.3 Å². The van der Waals surface area contributed by atoms with Crippen molar-refractivity contribution < 1.29 is 9.53 Å². The number of ether oxygens (including phenoxy) is 1. The van der Waals surface area contributed by atoms with E-state index in [0.29, 0.717) is 18.0 Å². The molecule has 0 saturated heterocycles. The van der Waals surface area contributed by atoms with Crippen molar-refractivity contribution >= 4 is 23.4 Å². The summed E-state index contributed by atoms with van der Waals surface area (Å²) >= 11 is 1.45. The lowest BCUT2D eigenvalue weighted by Gasteiger charge is -2.09. The molecule has 0 fully saturated rings. The Labute approximate surface area is 112 Å². The first kappa shape index (κ1) is 14.7. The van der Waals surface area contributed by atoms with Gasteiger partial charge in [0.25, 0.3) is 0 Å². The summed E-state index contributed by atoms with van der Waals surface area (Å²) in [7, 11) is 0. The highest BCUT2D eigenvalue weighted by Crippen LogP contribution is 2.26. The summed E-state index contributed by atoms with van der Waals surface area (Å²) in [5.41, 5.74) is 6.43. The zero-order chi connectivity index (χ0) is 13.5. The van der Waals surface area contributed by atoms with Crippen LogP contribution in [0.1, 0.15) is 20.8 Å². The summed E-state index contributed by atoms with van der Waals surface area (Å²) in [6, 6.07) is 5.68. The molecule has 1 amide bonds. The van der Waals surface area contributed by atoms with E-state index < -0.39 is 0 Å². The lowest BCUT2D eigenvalue weighted by molar-refractivity contribution is -0.119. The van der Waals surface area contributed by atoms with Crippen molar-refractivity contribution in [1.29, 1.82) is 0 Å². The Bertz CT molecular complexity index is 408. The number of nitrogen functional groups attached to an aromatic ring is 1. The predicted molar refractivity (Wildman–Crippen MR) is 76.0 cm³/mol. The quantitative estimate of drug-likeness (QED) is 0.613. The molecule has 1 aromatic carbocycles. The van der Waals surface area contributed by atoms with Gasteiger partial charge in [0, 0.05) is 22.7 Å². The lowest BCUT2D eigenvalue weighted by Crippen LogP contribution is -2.31. The Balaban J connectivity index is 2.58. The lowest BCUT2D eigenvalue weighted by atomic mass is 10.3. The Morgan fingerprint density at radius 1 is 1.44 bits per heavy atom. The monoisotopic (exact) mass is 268 g/mol. The Morgan fingerprint density at radius 2 is 2.17 bits per heavy atom. The van der Waals surface area contributed by atoms with Gasteiger partial charge in [-0.3, -0.25) is 4.79 Å². The smallest absolute Gasteiger partial charge is 0.230 e. The molecule has 0 radical (unpaired) electrons. The highest BCUT2D eigenvalue weighted by atomic mass is 32.2. The zero-order valence-electron chi connectivity index (χ0n) is 11.0. The molecule has 100 valence electrons. The van der Waals surface area contributed by atoms with Crippen LogP contribution in [0.15, 0.2) is 23.1 Å². The van der Waals surface area contributed by atoms with Gasteiger partial charge in [-0.15, -0.1) is 11.8 Å². The minimum Gasteiger partial charge on any atom is -0.494 e. The van der Waals surface area contributed by atoms with Crippen molar-refractivity contribution in [1.82, 2.24) is 5.32 Å². The van der Waals surface area contributed by atoms with Gasteiger partial charge in [-0.2, -0.15) is 0 Å².